The lowest BCUT2D eigenvalue weighted by Gasteiger charge is -2.36. The highest BCUT2D eigenvalue weighted by Crippen LogP contribution is 2.38. The number of ether oxygens (including phenoxy) is 3. The van der Waals surface area contributed by atoms with Crippen LogP contribution in [0.2, 0.25) is 36.3 Å². The fraction of sp³-hybridized carbons (Fsp3) is 0.857. The van der Waals surface area contributed by atoms with Crippen molar-refractivity contribution in [3.63, 3.8) is 0 Å². The van der Waals surface area contributed by atoms with Gasteiger partial charge in [-0.25, -0.2) is 4.79 Å². The van der Waals surface area contributed by atoms with Gasteiger partial charge in [-0.15, -0.1) is 0 Å². The van der Waals surface area contributed by atoms with Gasteiger partial charge in [-0.05, 0) is 63.1 Å². The zero-order valence-corrected chi connectivity index (χ0v) is 29.1. The molecule has 228 valence electrons. The van der Waals surface area contributed by atoms with Crippen molar-refractivity contribution < 1.29 is 27.9 Å². The molecule has 11 heteroatoms. The Kier molecular flexibility index (Phi) is 13.4. The predicted molar refractivity (Wildman–Crippen MR) is 162 cm³/mol. The number of amides is 1. The molecule has 0 atom stereocenters. The molecule has 39 heavy (non-hydrogen) atoms. The van der Waals surface area contributed by atoms with Crippen LogP contribution < -0.4 is 5.32 Å². The minimum atomic E-state index is -1.90. The number of carbonyl (C=O) groups is 1. The Labute approximate surface area is 239 Å². The normalized spacial score (nSPS) is 13.6. The molecule has 1 aromatic rings. The molecule has 0 radical (unpaired) electrons. The smallest absolute Gasteiger partial charge is 0.407 e. The largest absolute Gasteiger partial charge is 0.444 e. The average Bonchev–Trinajstić information content (AvgIpc) is 3.14. The van der Waals surface area contributed by atoms with E-state index in [-0.39, 0.29) is 10.1 Å². The van der Waals surface area contributed by atoms with Crippen LogP contribution in [0.3, 0.4) is 0 Å². The lowest BCUT2D eigenvalue weighted by Crippen LogP contribution is -2.40. The van der Waals surface area contributed by atoms with Gasteiger partial charge < -0.3 is 28.4 Å². The molecule has 1 amide bonds. The van der Waals surface area contributed by atoms with Gasteiger partial charge in [0.1, 0.15) is 5.60 Å². The summed E-state index contributed by atoms with van der Waals surface area (Å²) < 4.78 is 31.5. The number of nitrogens with zero attached hydrogens (tertiary/aromatic N) is 2. The molecule has 0 saturated heterocycles. The van der Waals surface area contributed by atoms with Crippen LogP contribution in [0.1, 0.15) is 73.7 Å². The van der Waals surface area contributed by atoms with Gasteiger partial charge in [0.15, 0.2) is 16.6 Å². The Morgan fingerprint density at radius 1 is 0.821 bits per heavy atom. The summed E-state index contributed by atoms with van der Waals surface area (Å²) >= 11 is 0. The quantitative estimate of drug-likeness (QED) is 0.185. The molecule has 1 rings (SSSR count). The second-order valence-corrected chi connectivity index (χ2v) is 23.7. The van der Waals surface area contributed by atoms with Gasteiger partial charge in [0.25, 0.3) is 0 Å². The van der Waals surface area contributed by atoms with Gasteiger partial charge in [0.05, 0.1) is 57.6 Å². The second kappa shape index (κ2) is 14.6. The first-order valence-electron chi connectivity index (χ1n) is 14.1. The lowest BCUT2D eigenvalue weighted by molar-refractivity contribution is 0.0375. The van der Waals surface area contributed by atoms with E-state index >= 15 is 0 Å². The Balaban J connectivity index is 2.60. The summed E-state index contributed by atoms with van der Waals surface area (Å²) in [4.78, 5) is 11.6. The number of hydrogen-bond acceptors (Lipinski definition) is 7. The maximum atomic E-state index is 11.6. The maximum absolute atomic E-state index is 11.6. The Hall–Kier alpha value is -1.25. The first-order valence-corrected chi connectivity index (χ1v) is 19.9. The van der Waals surface area contributed by atoms with E-state index in [9.17, 15) is 4.79 Å². The van der Waals surface area contributed by atoms with Crippen molar-refractivity contribution in [3.05, 3.63) is 17.5 Å². The van der Waals surface area contributed by atoms with Gasteiger partial charge in [-0.2, -0.15) is 5.10 Å². The van der Waals surface area contributed by atoms with Crippen molar-refractivity contribution in [2.75, 3.05) is 33.0 Å². The zero-order valence-electron chi connectivity index (χ0n) is 27.1. The van der Waals surface area contributed by atoms with Gasteiger partial charge in [-0.1, -0.05) is 41.5 Å². The lowest BCUT2D eigenvalue weighted by atomic mass is 10.2. The monoisotopic (exact) mass is 587 g/mol. The molecule has 0 spiro atoms. The standard InChI is InChI=1S/C28H57N3O6Si2/c1-26(2,3)37-25(32)29-14-16-33-18-19-34-17-15-31-24(22-36-39(12,13)28(7,8)9)20-23(30-31)21-35-38(10,11)27(4,5)6/h20H,14-19,21-22H2,1-13H3,(H,29,32). The fourth-order valence-electron chi connectivity index (χ4n) is 2.85. The maximum Gasteiger partial charge on any atom is 0.407 e. The molecule has 1 N–H and O–H groups in total. The van der Waals surface area contributed by atoms with Crippen molar-refractivity contribution in [2.24, 2.45) is 0 Å². The highest BCUT2D eigenvalue weighted by Gasteiger charge is 2.38. The van der Waals surface area contributed by atoms with Crippen LogP contribution in [0.15, 0.2) is 6.07 Å². The highest BCUT2D eigenvalue weighted by atomic mass is 28.4. The topological polar surface area (TPSA) is 93.1 Å². The van der Waals surface area contributed by atoms with Crippen LogP contribution in [-0.4, -0.2) is 71.1 Å². The summed E-state index contributed by atoms with van der Waals surface area (Å²) in [7, 11) is -3.78. The number of carbonyl (C=O) groups excluding carboxylic acids is 1. The molecule has 0 aliphatic heterocycles. The van der Waals surface area contributed by atoms with Gasteiger partial charge in [0.2, 0.25) is 0 Å². The first-order chi connectivity index (χ1) is 17.6. The van der Waals surface area contributed by atoms with Crippen LogP contribution in [0.4, 0.5) is 4.79 Å². The third kappa shape index (κ3) is 13.3. The number of hydrogen-bond donors (Lipinski definition) is 1. The molecule has 0 aromatic carbocycles. The Morgan fingerprint density at radius 3 is 1.85 bits per heavy atom. The molecular formula is C28H57N3O6Si2. The van der Waals surface area contributed by atoms with E-state index < -0.39 is 28.3 Å². The van der Waals surface area contributed by atoms with Crippen LogP contribution in [-0.2, 0) is 42.8 Å². The molecule has 0 aliphatic carbocycles. The van der Waals surface area contributed by atoms with Crippen molar-refractivity contribution >= 4 is 22.7 Å². The molecule has 1 aromatic heterocycles. The van der Waals surface area contributed by atoms with E-state index in [1.54, 1.807) is 0 Å². The third-order valence-electron chi connectivity index (χ3n) is 7.42. The number of alkyl carbamates (subject to hydrolysis) is 1. The van der Waals surface area contributed by atoms with Crippen molar-refractivity contribution in [2.45, 2.75) is 124 Å². The summed E-state index contributed by atoms with van der Waals surface area (Å²) in [6, 6.07) is 2.11. The van der Waals surface area contributed by atoms with Gasteiger partial charge >= 0.3 is 6.09 Å². The number of nitrogens with one attached hydrogen (secondary N) is 1. The van der Waals surface area contributed by atoms with E-state index in [0.717, 1.165) is 11.4 Å². The van der Waals surface area contributed by atoms with E-state index in [4.69, 9.17) is 28.2 Å². The molecule has 0 fully saturated rings. The van der Waals surface area contributed by atoms with Gasteiger partial charge in [0, 0.05) is 6.54 Å². The summed E-state index contributed by atoms with van der Waals surface area (Å²) in [6.07, 6.45) is -0.441. The summed E-state index contributed by atoms with van der Waals surface area (Å²) in [5, 5.41) is 7.80. The van der Waals surface area contributed by atoms with Gasteiger partial charge in [-0.3, -0.25) is 4.68 Å². The van der Waals surface area contributed by atoms with Crippen molar-refractivity contribution in [1.82, 2.24) is 15.1 Å². The first kappa shape index (κ1) is 35.8. The molecule has 0 saturated carbocycles. The van der Waals surface area contributed by atoms with Crippen LogP contribution in [0, 0.1) is 0 Å². The molecule has 1 heterocycles. The second-order valence-electron chi connectivity index (χ2n) is 14.1. The third-order valence-corrected chi connectivity index (χ3v) is 16.4. The SMILES string of the molecule is CC(C)(C)OC(=O)NCCOCCOCCn1nc(CO[Si](C)(C)C(C)(C)C)cc1CO[Si](C)(C)C(C)(C)C. The Morgan fingerprint density at radius 2 is 1.33 bits per heavy atom. The van der Waals surface area contributed by atoms with Crippen LogP contribution >= 0.6 is 0 Å². The molecule has 0 aliphatic rings. The molecule has 0 bridgehead atoms. The summed E-state index contributed by atoms with van der Waals surface area (Å²) in [5.74, 6) is 0. The number of aromatic nitrogens is 2. The average molecular weight is 588 g/mol. The minimum Gasteiger partial charge on any atom is -0.444 e. The van der Waals surface area contributed by atoms with E-state index in [0.29, 0.717) is 52.7 Å². The summed E-state index contributed by atoms with van der Waals surface area (Å²) in [6.45, 7) is 31.9. The van der Waals surface area contributed by atoms with Crippen LogP contribution in [0.5, 0.6) is 0 Å². The number of rotatable bonds is 15. The van der Waals surface area contributed by atoms with E-state index in [2.05, 4.69) is 79.1 Å². The van der Waals surface area contributed by atoms with E-state index in [1.807, 2.05) is 25.5 Å². The zero-order chi connectivity index (χ0) is 30.1. The van der Waals surface area contributed by atoms with Crippen molar-refractivity contribution in [3.8, 4) is 0 Å². The summed E-state index contributed by atoms with van der Waals surface area (Å²) in [5.41, 5.74) is 1.46. The minimum absolute atomic E-state index is 0.137. The predicted octanol–water partition coefficient (Wildman–Crippen LogP) is 6.48. The molecular weight excluding hydrogens is 530 g/mol. The Bertz CT molecular complexity index is 883. The fourth-order valence-corrected chi connectivity index (χ4v) is 4.73. The van der Waals surface area contributed by atoms with Crippen molar-refractivity contribution in [1.29, 1.82) is 0 Å². The van der Waals surface area contributed by atoms with E-state index in [1.165, 1.54) is 0 Å². The molecule has 0 unspecified atom stereocenters. The highest BCUT2D eigenvalue weighted by molar-refractivity contribution is 6.74. The molecule has 9 nitrogen and oxygen atoms in total. The van der Waals surface area contributed by atoms with Crippen LogP contribution in [0.25, 0.3) is 0 Å².